The maximum absolute atomic E-state index is 12.0. The van der Waals surface area contributed by atoms with Crippen molar-refractivity contribution in [3.8, 4) is 0 Å². The predicted molar refractivity (Wildman–Crippen MR) is 83.2 cm³/mol. The topological polar surface area (TPSA) is 72.0 Å². The fourth-order valence-corrected chi connectivity index (χ4v) is 3.67. The van der Waals surface area contributed by atoms with Gasteiger partial charge in [-0.3, -0.25) is 4.79 Å². The van der Waals surface area contributed by atoms with Gasteiger partial charge >= 0.3 is 5.97 Å². The van der Waals surface area contributed by atoms with Crippen LogP contribution in [0.5, 0.6) is 0 Å². The lowest BCUT2D eigenvalue weighted by atomic mass is 10.2. The maximum atomic E-state index is 12.0. The molecule has 3 heterocycles. The highest BCUT2D eigenvalue weighted by Crippen LogP contribution is 2.21. The Morgan fingerprint density at radius 1 is 1.43 bits per heavy atom. The van der Waals surface area contributed by atoms with Crippen molar-refractivity contribution in [3.05, 3.63) is 49.0 Å². The van der Waals surface area contributed by atoms with Crippen LogP contribution in [0.3, 0.4) is 0 Å². The summed E-state index contributed by atoms with van der Waals surface area (Å²) in [6.45, 7) is 3.78. The zero-order valence-corrected chi connectivity index (χ0v) is 13.1. The first kappa shape index (κ1) is 14.0. The molecule has 0 saturated carbocycles. The second-order valence-electron chi connectivity index (χ2n) is 4.55. The molecule has 7 heteroatoms. The largest absolute Gasteiger partial charge is 0.454 e. The number of ether oxygens (including phenoxy) is 1. The molecule has 0 saturated heterocycles. The lowest BCUT2D eigenvalue weighted by Gasteiger charge is -2.04. The molecule has 5 nitrogen and oxygen atoms in total. The highest BCUT2D eigenvalue weighted by Gasteiger charge is 2.14. The molecule has 0 unspecified atom stereocenters. The van der Waals surface area contributed by atoms with E-state index in [2.05, 4.69) is 9.97 Å². The van der Waals surface area contributed by atoms with Gasteiger partial charge in [0.25, 0.3) is 5.56 Å². The molecule has 0 aliphatic rings. The van der Waals surface area contributed by atoms with E-state index in [-0.39, 0.29) is 12.2 Å². The van der Waals surface area contributed by atoms with E-state index in [9.17, 15) is 9.59 Å². The van der Waals surface area contributed by atoms with Gasteiger partial charge in [0.05, 0.1) is 11.1 Å². The van der Waals surface area contributed by atoms with E-state index in [0.29, 0.717) is 21.6 Å². The Labute approximate surface area is 128 Å². The average Bonchev–Trinajstić information content (AvgIpc) is 3.02. The van der Waals surface area contributed by atoms with Crippen molar-refractivity contribution in [1.82, 2.24) is 9.97 Å². The number of nitrogens with one attached hydrogen (secondary N) is 1. The van der Waals surface area contributed by atoms with Gasteiger partial charge in [0.2, 0.25) is 0 Å². The van der Waals surface area contributed by atoms with Crippen LogP contribution >= 0.6 is 22.7 Å². The molecule has 0 amide bonds. The van der Waals surface area contributed by atoms with E-state index < -0.39 is 5.97 Å². The second kappa shape index (κ2) is 5.42. The summed E-state index contributed by atoms with van der Waals surface area (Å²) in [6, 6.07) is 3.58. The number of nitrogens with zero attached hydrogens (tertiary/aromatic N) is 1. The van der Waals surface area contributed by atoms with E-state index in [0.717, 1.165) is 9.75 Å². The molecule has 0 atom stereocenters. The van der Waals surface area contributed by atoms with Gasteiger partial charge < -0.3 is 9.72 Å². The number of aromatic nitrogens is 2. The zero-order chi connectivity index (χ0) is 15.0. The summed E-state index contributed by atoms with van der Waals surface area (Å²) in [5.74, 6) is -0.0474. The smallest absolute Gasteiger partial charge is 0.339 e. The summed E-state index contributed by atoms with van der Waals surface area (Å²) in [7, 11) is 0. The highest BCUT2D eigenvalue weighted by atomic mass is 32.1. The summed E-state index contributed by atoms with van der Waals surface area (Å²) in [5, 5.41) is 1.81. The lowest BCUT2D eigenvalue weighted by Crippen LogP contribution is -2.13. The van der Waals surface area contributed by atoms with E-state index in [1.54, 1.807) is 28.8 Å². The molecule has 3 aromatic heterocycles. The molecule has 0 bridgehead atoms. The molecule has 0 spiro atoms. The van der Waals surface area contributed by atoms with Crippen molar-refractivity contribution >= 4 is 38.9 Å². The van der Waals surface area contributed by atoms with Crippen LogP contribution < -0.4 is 5.56 Å². The van der Waals surface area contributed by atoms with E-state index in [4.69, 9.17) is 4.74 Å². The van der Waals surface area contributed by atoms with Crippen LogP contribution in [-0.2, 0) is 11.3 Å². The molecular formula is C14H12N2O3S2. The van der Waals surface area contributed by atoms with Gasteiger partial charge in [-0.25, -0.2) is 9.78 Å². The first-order valence-corrected chi connectivity index (χ1v) is 7.95. The zero-order valence-electron chi connectivity index (χ0n) is 11.4. The van der Waals surface area contributed by atoms with Crippen molar-refractivity contribution in [2.24, 2.45) is 0 Å². The molecular weight excluding hydrogens is 308 g/mol. The van der Waals surface area contributed by atoms with Gasteiger partial charge in [0.15, 0.2) is 0 Å². The summed E-state index contributed by atoms with van der Waals surface area (Å²) in [4.78, 5) is 32.7. The third-order valence-electron chi connectivity index (χ3n) is 2.96. The number of H-pyrrole nitrogens is 1. The number of hydrogen-bond donors (Lipinski definition) is 1. The molecule has 3 aromatic rings. The summed E-state index contributed by atoms with van der Waals surface area (Å²) in [5.41, 5.74) is 0.984. The van der Waals surface area contributed by atoms with Crippen molar-refractivity contribution in [3.63, 3.8) is 0 Å². The maximum Gasteiger partial charge on any atom is 0.339 e. The number of fused-ring (bicyclic) bond motifs is 1. The number of esters is 1. The third kappa shape index (κ3) is 2.74. The Hall–Kier alpha value is -1.99. The standard InChI is InChI=1S/C14H12N2O3S2/c1-7-5-9(8(2)21-7)14(18)19-6-11-15-10-3-4-20-12(10)13(17)16-11/h3-5H,6H2,1-2H3,(H,15,16,17). The third-order valence-corrected chi connectivity index (χ3v) is 4.83. The van der Waals surface area contributed by atoms with Gasteiger partial charge in [-0.15, -0.1) is 22.7 Å². The minimum atomic E-state index is -0.398. The molecule has 1 N–H and O–H groups in total. The van der Waals surface area contributed by atoms with Crippen LogP contribution in [0.15, 0.2) is 22.3 Å². The summed E-state index contributed by atoms with van der Waals surface area (Å²) >= 11 is 2.89. The van der Waals surface area contributed by atoms with Gasteiger partial charge in [-0.05, 0) is 31.4 Å². The first-order chi connectivity index (χ1) is 10.0. The van der Waals surface area contributed by atoms with Crippen LogP contribution in [0.25, 0.3) is 10.2 Å². The lowest BCUT2D eigenvalue weighted by molar-refractivity contribution is 0.0462. The Kier molecular flexibility index (Phi) is 3.60. The summed E-state index contributed by atoms with van der Waals surface area (Å²) < 4.78 is 5.81. The van der Waals surface area contributed by atoms with Crippen molar-refractivity contribution in [2.75, 3.05) is 0 Å². The van der Waals surface area contributed by atoms with Crippen molar-refractivity contribution in [1.29, 1.82) is 0 Å². The van der Waals surface area contributed by atoms with Crippen molar-refractivity contribution < 1.29 is 9.53 Å². The SMILES string of the molecule is Cc1cc(C(=O)OCc2nc3ccsc3c(=O)[nH]2)c(C)s1. The van der Waals surface area contributed by atoms with Crippen LogP contribution in [0.2, 0.25) is 0 Å². The number of rotatable bonds is 3. The van der Waals surface area contributed by atoms with Crippen LogP contribution in [0, 0.1) is 13.8 Å². The van der Waals surface area contributed by atoms with Crippen LogP contribution in [0.4, 0.5) is 0 Å². The number of aromatic amines is 1. The monoisotopic (exact) mass is 320 g/mol. The predicted octanol–water partition coefficient (Wildman–Crippen LogP) is 3.02. The normalized spacial score (nSPS) is 11.0. The number of carbonyl (C=O) groups excluding carboxylic acids is 1. The van der Waals surface area contributed by atoms with Gasteiger partial charge in [0, 0.05) is 9.75 Å². The molecule has 0 aliphatic heterocycles. The second-order valence-corrected chi connectivity index (χ2v) is 6.93. The molecule has 0 aliphatic carbocycles. The van der Waals surface area contributed by atoms with Crippen LogP contribution in [0.1, 0.15) is 25.9 Å². The molecule has 108 valence electrons. The minimum Gasteiger partial charge on any atom is -0.454 e. The molecule has 21 heavy (non-hydrogen) atoms. The Bertz CT molecular complexity index is 876. The van der Waals surface area contributed by atoms with E-state index in [1.807, 2.05) is 13.8 Å². The fourth-order valence-electron chi connectivity index (χ4n) is 2.04. The van der Waals surface area contributed by atoms with E-state index >= 15 is 0 Å². The molecule has 0 fully saturated rings. The molecule has 0 aromatic carbocycles. The van der Waals surface area contributed by atoms with E-state index in [1.165, 1.54) is 11.3 Å². The number of carbonyl (C=O) groups is 1. The van der Waals surface area contributed by atoms with Crippen LogP contribution in [-0.4, -0.2) is 15.9 Å². The minimum absolute atomic E-state index is 0.0474. The number of hydrogen-bond acceptors (Lipinski definition) is 6. The van der Waals surface area contributed by atoms with Gasteiger partial charge in [-0.1, -0.05) is 0 Å². The Morgan fingerprint density at radius 2 is 2.24 bits per heavy atom. The Morgan fingerprint density at radius 3 is 2.95 bits per heavy atom. The quantitative estimate of drug-likeness (QED) is 0.753. The number of thiophene rings is 2. The highest BCUT2D eigenvalue weighted by molar-refractivity contribution is 7.17. The number of aryl methyl sites for hydroxylation is 2. The Balaban J connectivity index is 1.78. The first-order valence-electron chi connectivity index (χ1n) is 6.25. The average molecular weight is 320 g/mol. The van der Waals surface area contributed by atoms with Gasteiger partial charge in [0.1, 0.15) is 17.1 Å². The summed E-state index contributed by atoms with van der Waals surface area (Å²) in [6.07, 6.45) is 0. The fraction of sp³-hybridized carbons (Fsp3) is 0.214. The molecule has 0 radical (unpaired) electrons. The van der Waals surface area contributed by atoms with Crippen molar-refractivity contribution in [2.45, 2.75) is 20.5 Å². The molecule has 3 rings (SSSR count). The van der Waals surface area contributed by atoms with Gasteiger partial charge in [-0.2, -0.15) is 0 Å².